The Balaban J connectivity index is 1.45. The van der Waals surface area contributed by atoms with E-state index in [0.717, 1.165) is 15.4 Å². The van der Waals surface area contributed by atoms with E-state index in [0.29, 0.717) is 0 Å². The summed E-state index contributed by atoms with van der Waals surface area (Å²) in [5.74, 6) is -1.11. The molecule has 2 aliphatic heterocycles. The van der Waals surface area contributed by atoms with Gasteiger partial charge in [-0.25, -0.2) is 4.79 Å². The maximum atomic E-state index is 13.6. The SMILES string of the molecule is CC(C)(C)O[C@H]1C[C@@](n2ccc(=O)[nH]c2=O)([SiH](c2ccccc2)c2ccccc2)O[C@@H]1CON1C(=O)c2ccccc2C1=O. The van der Waals surface area contributed by atoms with Crippen LogP contribution in [0.15, 0.2) is 107 Å². The summed E-state index contributed by atoms with van der Waals surface area (Å²) in [5.41, 5.74) is -1.21. The lowest BCUT2D eigenvalue weighted by molar-refractivity contribution is -0.164. The Kier molecular flexibility index (Phi) is 7.80. The molecule has 0 unspecified atom stereocenters. The van der Waals surface area contributed by atoms with Gasteiger partial charge in [-0.2, -0.15) is 0 Å². The van der Waals surface area contributed by atoms with Crippen LogP contribution < -0.4 is 21.6 Å². The molecule has 10 nitrogen and oxygen atoms in total. The lowest BCUT2D eigenvalue weighted by Crippen LogP contribution is -2.64. The first-order valence-corrected chi connectivity index (χ1v) is 16.2. The molecule has 1 aromatic heterocycles. The molecule has 0 saturated carbocycles. The minimum atomic E-state index is -2.54. The van der Waals surface area contributed by atoms with Crippen LogP contribution >= 0.6 is 0 Å². The third-order valence-corrected chi connectivity index (χ3v) is 11.5. The molecule has 0 radical (unpaired) electrons. The van der Waals surface area contributed by atoms with Gasteiger partial charge in [-0.1, -0.05) is 83.2 Å². The predicted octanol–water partition coefficient (Wildman–Crippen LogP) is 1.97. The number of carbonyl (C=O) groups is 2. The van der Waals surface area contributed by atoms with Crippen LogP contribution in [0.25, 0.3) is 0 Å². The van der Waals surface area contributed by atoms with Crippen LogP contribution in [0.5, 0.6) is 0 Å². The number of aromatic nitrogens is 2. The monoisotopic (exact) mass is 611 g/mol. The average Bonchev–Trinajstić information content (AvgIpc) is 3.46. The van der Waals surface area contributed by atoms with Gasteiger partial charge in [0.15, 0.2) is 8.80 Å². The number of hydrogen-bond donors (Lipinski definition) is 1. The predicted molar refractivity (Wildman–Crippen MR) is 166 cm³/mol. The van der Waals surface area contributed by atoms with Gasteiger partial charge in [0, 0.05) is 18.7 Å². The molecule has 1 N–H and O–H groups in total. The zero-order chi connectivity index (χ0) is 31.1. The van der Waals surface area contributed by atoms with Crippen LogP contribution in [0.3, 0.4) is 0 Å². The largest absolute Gasteiger partial charge is 0.370 e. The van der Waals surface area contributed by atoms with Gasteiger partial charge in [0.25, 0.3) is 17.4 Å². The van der Waals surface area contributed by atoms with E-state index < -0.39 is 55.0 Å². The molecule has 1 fully saturated rings. The van der Waals surface area contributed by atoms with E-state index >= 15 is 0 Å². The van der Waals surface area contributed by atoms with Crippen LogP contribution in [0.2, 0.25) is 0 Å². The molecule has 44 heavy (non-hydrogen) atoms. The summed E-state index contributed by atoms with van der Waals surface area (Å²) < 4.78 is 15.0. The maximum Gasteiger partial charge on any atom is 0.330 e. The third-order valence-electron chi connectivity index (χ3n) is 7.84. The molecule has 11 heteroatoms. The Bertz CT molecular complexity index is 1730. The highest BCUT2D eigenvalue weighted by atomic mass is 28.3. The summed E-state index contributed by atoms with van der Waals surface area (Å²) in [6.07, 6.45) is 0.313. The van der Waals surface area contributed by atoms with Crippen LogP contribution in [-0.4, -0.2) is 59.6 Å². The van der Waals surface area contributed by atoms with E-state index in [2.05, 4.69) is 4.98 Å². The maximum absolute atomic E-state index is 13.6. The molecule has 0 aliphatic carbocycles. The first-order valence-electron chi connectivity index (χ1n) is 14.5. The number of amides is 2. The number of nitrogens with one attached hydrogen (secondary N) is 1. The highest BCUT2D eigenvalue weighted by Gasteiger charge is 2.56. The summed E-state index contributed by atoms with van der Waals surface area (Å²) in [7, 11) is -2.54. The Morgan fingerprint density at radius 1 is 0.841 bits per heavy atom. The normalized spacial score (nSPS) is 21.7. The van der Waals surface area contributed by atoms with Crippen molar-refractivity contribution < 1.29 is 23.9 Å². The number of rotatable bonds is 8. The van der Waals surface area contributed by atoms with E-state index in [1.165, 1.54) is 16.8 Å². The van der Waals surface area contributed by atoms with Crippen LogP contribution in [-0.2, 0) is 19.7 Å². The van der Waals surface area contributed by atoms with E-state index in [9.17, 15) is 19.2 Å². The number of aromatic amines is 1. The molecule has 3 atom stereocenters. The number of imide groups is 1. The number of nitrogens with zero attached hydrogens (tertiary/aromatic N) is 2. The molecular formula is C33H33N3O7Si. The molecule has 2 aliphatic rings. The lowest BCUT2D eigenvalue weighted by atomic mass is 10.1. The molecule has 2 amide bonds. The van der Waals surface area contributed by atoms with Crippen LogP contribution in [0.4, 0.5) is 0 Å². The molecule has 3 heterocycles. The van der Waals surface area contributed by atoms with E-state index in [4.69, 9.17) is 14.3 Å². The van der Waals surface area contributed by atoms with Crippen molar-refractivity contribution in [1.82, 2.24) is 14.6 Å². The number of H-pyrrole nitrogens is 1. The van der Waals surface area contributed by atoms with Gasteiger partial charge < -0.3 is 9.47 Å². The van der Waals surface area contributed by atoms with E-state index in [-0.39, 0.29) is 24.2 Å². The fraction of sp³-hybridized carbons (Fsp3) is 0.273. The van der Waals surface area contributed by atoms with Gasteiger partial charge in [0.2, 0.25) is 0 Å². The minimum absolute atomic E-state index is 0.198. The van der Waals surface area contributed by atoms with Crippen LogP contribution in [0, 0.1) is 0 Å². The van der Waals surface area contributed by atoms with Crippen molar-refractivity contribution in [2.24, 2.45) is 0 Å². The van der Waals surface area contributed by atoms with Crippen molar-refractivity contribution in [3.63, 3.8) is 0 Å². The van der Waals surface area contributed by atoms with Crippen LogP contribution in [0.1, 0.15) is 47.9 Å². The summed E-state index contributed by atoms with van der Waals surface area (Å²) in [6.45, 7) is 5.57. The molecule has 226 valence electrons. The molecular weight excluding hydrogens is 578 g/mol. The van der Waals surface area contributed by atoms with Gasteiger partial charge in [-0.05, 0) is 32.9 Å². The number of hydroxylamine groups is 2. The fourth-order valence-electron chi connectivity index (χ4n) is 6.15. The van der Waals surface area contributed by atoms with Gasteiger partial charge in [-0.15, -0.1) is 5.06 Å². The fourth-order valence-corrected chi connectivity index (χ4v) is 10.1. The Morgan fingerprint density at radius 2 is 1.39 bits per heavy atom. The van der Waals surface area contributed by atoms with Gasteiger partial charge in [0.05, 0.1) is 22.8 Å². The molecule has 1 saturated heterocycles. The summed E-state index contributed by atoms with van der Waals surface area (Å²) in [6, 6.07) is 27.6. The second kappa shape index (κ2) is 11.6. The number of fused-ring (bicyclic) bond motifs is 1. The first-order chi connectivity index (χ1) is 21.1. The summed E-state index contributed by atoms with van der Waals surface area (Å²) >= 11 is 0. The van der Waals surface area contributed by atoms with Gasteiger partial charge in [-0.3, -0.25) is 28.8 Å². The summed E-state index contributed by atoms with van der Waals surface area (Å²) in [4.78, 5) is 60.2. The molecule has 4 aromatic rings. The Hall–Kier alpha value is -4.42. The topological polar surface area (TPSA) is 120 Å². The zero-order valence-electron chi connectivity index (χ0n) is 24.6. The Morgan fingerprint density at radius 3 is 1.91 bits per heavy atom. The lowest BCUT2D eigenvalue weighted by Gasteiger charge is -2.38. The molecule has 3 aromatic carbocycles. The average molecular weight is 612 g/mol. The summed E-state index contributed by atoms with van der Waals surface area (Å²) in [5, 5.41) is 1.51. The quantitative estimate of drug-likeness (QED) is 0.239. The molecule has 0 spiro atoms. The minimum Gasteiger partial charge on any atom is -0.370 e. The first kappa shape index (κ1) is 29.6. The second-order valence-corrected chi connectivity index (χ2v) is 15.1. The van der Waals surface area contributed by atoms with Gasteiger partial charge in [0.1, 0.15) is 18.1 Å². The van der Waals surface area contributed by atoms with E-state index in [1.807, 2.05) is 81.4 Å². The Labute approximate surface area is 255 Å². The van der Waals surface area contributed by atoms with Crippen molar-refractivity contribution in [1.29, 1.82) is 0 Å². The number of hydrogen-bond acceptors (Lipinski definition) is 7. The molecule has 6 rings (SSSR count). The number of ether oxygens (including phenoxy) is 2. The van der Waals surface area contributed by atoms with Crippen molar-refractivity contribution in [3.05, 3.63) is 129 Å². The van der Waals surface area contributed by atoms with Crippen molar-refractivity contribution in [3.8, 4) is 0 Å². The van der Waals surface area contributed by atoms with Crippen molar-refractivity contribution in [2.45, 2.75) is 50.3 Å². The van der Waals surface area contributed by atoms with E-state index in [1.54, 1.807) is 24.3 Å². The smallest absolute Gasteiger partial charge is 0.330 e. The zero-order valence-corrected chi connectivity index (χ0v) is 25.8. The van der Waals surface area contributed by atoms with Crippen molar-refractivity contribution >= 4 is 31.0 Å². The highest BCUT2D eigenvalue weighted by molar-refractivity contribution is 6.86. The second-order valence-electron chi connectivity index (χ2n) is 12.0. The standard InChI is InChI=1S/C33H33N3O7Si/c1-32(2,3)42-26-20-33(35-19-18-28(37)34-31(35)40,44(22-12-6-4-7-13-22)23-14-8-5-9-15-23)43-27(26)21-41-36-29(38)24-16-10-11-17-25(24)30(36)39/h4-19,26-27,44H,20-21H2,1-3H3,(H,34,37,40)/t26-,27+,33-/m0/s1. The molecule has 0 bridgehead atoms. The highest BCUT2D eigenvalue weighted by Crippen LogP contribution is 2.40. The number of carbonyl (C=O) groups excluding carboxylic acids is 2. The van der Waals surface area contributed by atoms with Gasteiger partial charge >= 0.3 is 5.69 Å². The van der Waals surface area contributed by atoms with Crippen molar-refractivity contribution in [2.75, 3.05) is 6.61 Å². The third kappa shape index (κ3) is 5.50. The number of benzene rings is 3.